The average Bonchev–Trinajstić information content (AvgIpc) is 3.28. The maximum Gasteiger partial charge on any atom is 0.338 e. The number of benzene rings is 1. The van der Waals surface area contributed by atoms with Gasteiger partial charge in [-0.2, -0.15) is 0 Å². The van der Waals surface area contributed by atoms with E-state index in [-0.39, 0.29) is 12.3 Å². The number of esters is 1. The number of hydrogen-bond donors (Lipinski definition) is 1. The number of nitrogens with zero attached hydrogens (tertiary/aromatic N) is 3. The Kier molecular flexibility index (Phi) is 7.32. The number of allylic oxidation sites excluding steroid dienone is 1. The summed E-state index contributed by atoms with van der Waals surface area (Å²) >= 11 is 1.44. The lowest BCUT2D eigenvalue weighted by Gasteiger charge is -2.37. The quantitative estimate of drug-likeness (QED) is 0.575. The number of amides is 1. The van der Waals surface area contributed by atoms with Crippen molar-refractivity contribution in [2.24, 2.45) is 4.99 Å². The van der Waals surface area contributed by atoms with E-state index in [1.807, 2.05) is 59.7 Å². The SMILES string of the molecule is CCC1=C(C(=O)OC)[C@@H](c2ccccc2OC)N2C(CC(=O)NCc3ccccn3)=CSC2=N1. The standard InChI is InChI=1S/C25H26N4O4S/c1-4-19-22(24(31)33-3)23(18-10-5-6-11-20(18)32-2)29-17(15-34-25(29)28-19)13-21(30)27-14-16-9-7-8-12-26-16/h5-12,15,23H,4,13-14H2,1-3H3,(H,27,30)/t23-/m1/s1. The summed E-state index contributed by atoms with van der Waals surface area (Å²) < 4.78 is 10.8. The van der Waals surface area contributed by atoms with E-state index in [2.05, 4.69) is 10.3 Å². The Morgan fingerprint density at radius 3 is 2.65 bits per heavy atom. The van der Waals surface area contributed by atoms with Gasteiger partial charge >= 0.3 is 5.97 Å². The lowest BCUT2D eigenvalue weighted by Crippen LogP contribution is -2.38. The van der Waals surface area contributed by atoms with Gasteiger partial charge < -0.3 is 19.7 Å². The second-order valence-corrected chi connectivity index (χ2v) is 8.45. The van der Waals surface area contributed by atoms with Crippen molar-refractivity contribution in [3.8, 4) is 5.75 Å². The van der Waals surface area contributed by atoms with E-state index in [9.17, 15) is 9.59 Å². The van der Waals surface area contributed by atoms with Crippen LogP contribution in [-0.4, -0.2) is 41.1 Å². The van der Waals surface area contributed by atoms with Gasteiger partial charge in [-0.1, -0.05) is 43.0 Å². The highest BCUT2D eigenvalue weighted by atomic mass is 32.2. The third-order valence-corrected chi connectivity index (χ3v) is 6.49. The smallest absolute Gasteiger partial charge is 0.338 e. The molecular weight excluding hydrogens is 452 g/mol. The highest BCUT2D eigenvalue weighted by Gasteiger charge is 2.42. The highest BCUT2D eigenvalue weighted by Crippen LogP contribution is 2.47. The van der Waals surface area contributed by atoms with E-state index in [4.69, 9.17) is 14.5 Å². The van der Waals surface area contributed by atoms with Gasteiger partial charge in [0.15, 0.2) is 5.17 Å². The van der Waals surface area contributed by atoms with E-state index in [1.165, 1.54) is 18.9 Å². The molecule has 0 saturated heterocycles. The number of amidine groups is 1. The summed E-state index contributed by atoms with van der Waals surface area (Å²) in [4.78, 5) is 36.7. The number of pyridine rings is 1. The number of fused-ring (bicyclic) bond motifs is 1. The van der Waals surface area contributed by atoms with Crippen molar-refractivity contribution in [2.45, 2.75) is 32.4 Å². The minimum absolute atomic E-state index is 0.125. The molecule has 0 radical (unpaired) electrons. The maximum atomic E-state index is 13.0. The summed E-state index contributed by atoms with van der Waals surface area (Å²) in [6.45, 7) is 2.29. The Labute approximate surface area is 202 Å². The van der Waals surface area contributed by atoms with E-state index < -0.39 is 12.0 Å². The minimum Gasteiger partial charge on any atom is -0.496 e. The van der Waals surface area contributed by atoms with Crippen LogP contribution in [0.3, 0.4) is 0 Å². The van der Waals surface area contributed by atoms with Gasteiger partial charge in [0, 0.05) is 17.5 Å². The Morgan fingerprint density at radius 1 is 1.15 bits per heavy atom. The fourth-order valence-corrected chi connectivity index (χ4v) is 4.96. The molecule has 0 bridgehead atoms. The summed E-state index contributed by atoms with van der Waals surface area (Å²) in [5, 5.41) is 5.54. The number of aliphatic imine (C=N–C) groups is 1. The molecule has 0 fully saturated rings. The van der Waals surface area contributed by atoms with Crippen LogP contribution in [0.15, 0.2) is 76.0 Å². The number of rotatable bonds is 8. The maximum absolute atomic E-state index is 13.0. The zero-order valence-electron chi connectivity index (χ0n) is 19.3. The predicted molar refractivity (Wildman–Crippen MR) is 131 cm³/mol. The van der Waals surface area contributed by atoms with Crippen LogP contribution < -0.4 is 10.1 Å². The summed E-state index contributed by atoms with van der Waals surface area (Å²) in [5.74, 6) is 0.0373. The van der Waals surface area contributed by atoms with Gasteiger partial charge in [-0.25, -0.2) is 9.79 Å². The third-order valence-electron chi connectivity index (χ3n) is 5.60. The molecule has 2 aromatic rings. The van der Waals surface area contributed by atoms with Crippen LogP contribution >= 0.6 is 11.8 Å². The summed E-state index contributed by atoms with van der Waals surface area (Å²) in [7, 11) is 2.96. The fourth-order valence-electron chi connectivity index (χ4n) is 4.02. The molecule has 0 aliphatic carbocycles. The number of thioether (sulfide) groups is 1. The Balaban J connectivity index is 1.67. The number of methoxy groups -OCH3 is 2. The Hall–Kier alpha value is -3.59. The van der Waals surface area contributed by atoms with Gasteiger partial charge in [0.1, 0.15) is 5.75 Å². The Morgan fingerprint density at radius 2 is 1.94 bits per heavy atom. The molecule has 3 heterocycles. The molecule has 1 atom stereocenters. The van der Waals surface area contributed by atoms with Gasteiger partial charge in [-0.05, 0) is 30.0 Å². The van der Waals surface area contributed by atoms with Crippen LogP contribution in [0.25, 0.3) is 0 Å². The number of nitrogens with one attached hydrogen (secondary N) is 1. The zero-order valence-corrected chi connectivity index (χ0v) is 20.1. The summed E-state index contributed by atoms with van der Waals surface area (Å²) in [5.41, 5.74) is 3.43. The van der Waals surface area contributed by atoms with Crippen molar-refractivity contribution in [2.75, 3.05) is 14.2 Å². The fraction of sp³-hybridized carbons (Fsp3) is 0.280. The molecule has 9 heteroatoms. The van der Waals surface area contributed by atoms with Gasteiger partial charge in [0.2, 0.25) is 5.91 Å². The first kappa shape index (κ1) is 23.6. The number of ether oxygens (including phenoxy) is 2. The van der Waals surface area contributed by atoms with E-state index >= 15 is 0 Å². The molecule has 1 aromatic heterocycles. The van der Waals surface area contributed by atoms with Crippen LogP contribution in [0.5, 0.6) is 5.75 Å². The van der Waals surface area contributed by atoms with Crippen molar-refractivity contribution < 1.29 is 19.1 Å². The zero-order chi connectivity index (χ0) is 24.1. The molecule has 0 unspecified atom stereocenters. The van der Waals surface area contributed by atoms with E-state index in [0.29, 0.717) is 35.2 Å². The summed E-state index contributed by atoms with van der Waals surface area (Å²) in [6.07, 6.45) is 2.38. The first-order valence-corrected chi connectivity index (χ1v) is 11.8. The van der Waals surface area contributed by atoms with Gasteiger partial charge in [0.25, 0.3) is 0 Å². The topological polar surface area (TPSA) is 93.1 Å². The Bertz CT molecular complexity index is 1180. The molecule has 8 nitrogen and oxygen atoms in total. The molecule has 34 heavy (non-hydrogen) atoms. The molecule has 0 saturated carbocycles. The second-order valence-electron chi connectivity index (χ2n) is 7.62. The van der Waals surface area contributed by atoms with Gasteiger partial charge in [-0.3, -0.25) is 9.78 Å². The average molecular weight is 479 g/mol. The predicted octanol–water partition coefficient (Wildman–Crippen LogP) is 3.93. The molecule has 1 amide bonds. The van der Waals surface area contributed by atoms with E-state index in [0.717, 1.165) is 17.0 Å². The van der Waals surface area contributed by atoms with Gasteiger partial charge in [0.05, 0.1) is 50.2 Å². The van der Waals surface area contributed by atoms with Crippen molar-refractivity contribution in [3.63, 3.8) is 0 Å². The molecule has 4 rings (SSSR count). The van der Waals surface area contributed by atoms with E-state index in [1.54, 1.807) is 13.3 Å². The van der Waals surface area contributed by atoms with Crippen LogP contribution in [-0.2, 0) is 20.9 Å². The molecular formula is C25H26N4O4S. The van der Waals surface area contributed by atoms with Gasteiger partial charge in [-0.15, -0.1) is 0 Å². The molecule has 2 aliphatic rings. The number of carbonyl (C=O) groups excluding carboxylic acids is 2. The first-order chi connectivity index (χ1) is 16.6. The molecule has 176 valence electrons. The normalized spacial score (nSPS) is 17.0. The van der Waals surface area contributed by atoms with Crippen molar-refractivity contribution in [1.29, 1.82) is 0 Å². The largest absolute Gasteiger partial charge is 0.496 e. The minimum atomic E-state index is -0.532. The molecule has 2 aliphatic heterocycles. The number of aromatic nitrogens is 1. The molecule has 0 spiro atoms. The van der Waals surface area contributed by atoms with Crippen molar-refractivity contribution in [1.82, 2.24) is 15.2 Å². The second kappa shape index (κ2) is 10.6. The van der Waals surface area contributed by atoms with Crippen LogP contribution in [0.4, 0.5) is 0 Å². The lowest BCUT2D eigenvalue weighted by atomic mass is 9.92. The number of carbonyl (C=O) groups is 2. The summed E-state index contributed by atoms with van der Waals surface area (Å²) in [6, 6.07) is 12.6. The molecule has 1 aromatic carbocycles. The highest BCUT2D eigenvalue weighted by molar-refractivity contribution is 8.16. The molecule has 1 N–H and O–H groups in total. The van der Waals surface area contributed by atoms with Crippen molar-refractivity contribution in [3.05, 3.63) is 82.3 Å². The third kappa shape index (κ3) is 4.70. The number of hydrogen-bond acceptors (Lipinski definition) is 8. The number of para-hydroxylation sites is 1. The monoisotopic (exact) mass is 478 g/mol. The van der Waals surface area contributed by atoms with Crippen LogP contribution in [0.2, 0.25) is 0 Å². The first-order valence-electron chi connectivity index (χ1n) is 10.9. The van der Waals surface area contributed by atoms with Crippen LogP contribution in [0.1, 0.15) is 37.1 Å². The van der Waals surface area contributed by atoms with Crippen molar-refractivity contribution >= 4 is 28.8 Å². The van der Waals surface area contributed by atoms with Crippen LogP contribution in [0, 0.1) is 0 Å². The lowest BCUT2D eigenvalue weighted by molar-refractivity contribution is -0.136.